The summed E-state index contributed by atoms with van der Waals surface area (Å²) in [5.74, 6) is -5.03. The molecule has 0 saturated heterocycles. The van der Waals surface area contributed by atoms with Gasteiger partial charge in [0.05, 0.1) is 11.4 Å². The van der Waals surface area contributed by atoms with Gasteiger partial charge in [-0.3, -0.25) is 4.79 Å². The van der Waals surface area contributed by atoms with E-state index < -0.39 is 29.0 Å². The lowest BCUT2D eigenvalue weighted by Gasteiger charge is -2.07. The van der Waals surface area contributed by atoms with E-state index in [1.807, 2.05) is 6.92 Å². The van der Waals surface area contributed by atoms with Crippen molar-refractivity contribution in [2.75, 3.05) is 5.32 Å². The zero-order valence-electron chi connectivity index (χ0n) is 11.4. The predicted octanol–water partition coefficient (Wildman–Crippen LogP) is 3.31. The molecular formula is C15H10F3N3O. The molecule has 3 aromatic rings. The first-order valence-electron chi connectivity index (χ1n) is 6.36. The minimum Gasteiger partial charge on any atom is -0.319 e. The highest BCUT2D eigenvalue weighted by Crippen LogP contribution is 2.20. The van der Waals surface area contributed by atoms with Gasteiger partial charge in [-0.15, -0.1) is 0 Å². The van der Waals surface area contributed by atoms with Crippen LogP contribution in [0.4, 0.5) is 18.9 Å². The van der Waals surface area contributed by atoms with E-state index in [4.69, 9.17) is 0 Å². The van der Waals surface area contributed by atoms with Gasteiger partial charge in [0.1, 0.15) is 5.65 Å². The average Bonchev–Trinajstić information content (AvgIpc) is 2.86. The maximum absolute atomic E-state index is 13.5. The quantitative estimate of drug-likeness (QED) is 0.738. The standard InChI is InChI=1S/C15H10F3N3O/c1-8-7-21-5-4-9(6-12(21)19-8)15(22)20-11-3-2-10(16)13(17)14(11)18/h2-7H,1H3,(H,20,22). The first-order valence-corrected chi connectivity index (χ1v) is 6.36. The highest BCUT2D eigenvalue weighted by Gasteiger charge is 2.16. The molecule has 0 atom stereocenters. The number of aryl methyl sites for hydroxylation is 1. The van der Waals surface area contributed by atoms with Gasteiger partial charge in [-0.05, 0) is 31.2 Å². The number of hydrogen-bond acceptors (Lipinski definition) is 2. The largest absolute Gasteiger partial charge is 0.319 e. The van der Waals surface area contributed by atoms with E-state index in [2.05, 4.69) is 10.3 Å². The van der Waals surface area contributed by atoms with Crippen molar-refractivity contribution in [1.29, 1.82) is 0 Å². The first-order chi connectivity index (χ1) is 10.5. The highest BCUT2D eigenvalue weighted by molar-refractivity contribution is 6.04. The molecule has 0 bridgehead atoms. The fourth-order valence-corrected chi connectivity index (χ4v) is 2.07. The molecular weight excluding hydrogens is 295 g/mol. The smallest absolute Gasteiger partial charge is 0.255 e. The van der Waals surface area contributed by atoms with Crippen molar-refractivity contribution >= 4 is 17.2 Å². The van der Waals surface area contributed by atoms with Crippen LogP contribution in [0.2, 0.25) is 0 Å². The van der Waals surface area contributed by atoms with Gasteiger partial charge >= 0.3 is 0 Å². The zero-order valence-corrected chi connectivity index (χ0v) is 11.4. The van der Waals surface area contributed by atoms with Crippen LogP contribution < -0.4 is 5.32 Å². The van der Waals surface area contributed by atoms with Crippen molar-refractivity contribution in [3.05, 3.63) is 65.4 Å². The normalized spacial score (nSPS) is 10.9. The van der Waals surface area contributed by atoms with Crippen LogP contribution in [0, 0.1) is 24.4 Å². The molecule has 1 N–H and O–H groups in total. The summed E-state index contributed by atoms with van der Waals surface area (Å²) < 4.78 is 41.3. The number of imidazole rings is 1. The summed E-state index contributed by atoms with van der Waals surface area (Å²) in [4.78, 5) is 16.3. The number of carbonyl (C=O) groups excluding carboxylic acids is 1. The van der Waals surface area contributed by atoms with Crippen molar-refractivity contribution < 1.29 is 18.0 Å². The molecule has 0 saturated carbocycles. The Morgan fingerprint density at radius 3 is 2.73 bits per heavy atom. The van der Waals surface area contributed by atoms with Crippen molar-refractivity contribution in [3.8, 4) is 0 Å². The molecule has 7 heteroatoms. The van der Waals surface area contributed by atoms with Crippen LogP contribution in [-0.4, -0.2) is 15.3 Å². The maximum atomic E-state index is 13.5. The third-order valence-electron chi connectivity index (χ3n) is 3.13. The van der Waals surface area contributed by atoms with Gasteiger partial charge < -0.3 is 9.72 Å². The van der Waals surface area contributed by atoms with Crippen molar-refractivity contribution in [2.24, 2.45) is 0 Å². The molecule has 0 fully saturated rings. The lowest BCUT2D eigenvalue weighted by atomic mass is 10.2. The number of carbonyl (C=O) groups is 1. The first kappa shape index (κ1) is 14.1. The van der Waals surface area contributed by atoms with Gasteiger partial charge in [0.2, 0.25) is 0 Å². The molecule has 4 nitrogen and oxygen atoms in total. The van der Waals surface area contributed by atoms with Crippen LogP contribution in [-0.2, 0) is 0 Å². The van der Waals surface area contributed by atoms with Gasteiger partial charge in [-0.1, -0.05) is 0 Å². The topological polar surface area (TPSA) is 46.4 Å². The Labute approximate surface area is 123 Å². The predicted molar refractivity (Wildman–Crippen MR) is 74.2 cm³/mol. The second kappa shape index (κ2) is 5.18. The number of anilines is 1. The summed E-state index contributed by atoms with van der Waals surface area (Å²) in [6.07, 6.45) is 3.41. The summed E-state index contributed by atoms with van der Waals surface area (Å²) in [7, 11) is 0. The summed E-state index contributed by atoms with van der Waals surface area (Å²) >= 11 is 0. The Kier molecular flexibility index (Phi) is 3.32. The summed E-state index contributed by atoms with van der Waals surface area (Å²) in [6, 6.07) is 4.74. The molecule has 22 heavy (non-hydrogen) atoms. The number of fused-ring (bicyclic) bond motifs is 1. The van der Waals surface area contributed by atoms with Gasteiger partial charge in [0, 0.05) is 18.0 Å². The number of nitrogens with one attached hydrogen (secondary N) is 1. The van der Waals surface area contributed by atoms with Crippen LogP contribution in [0.1, 0.15) is 16.1 Å². The minimum atomic E-state index is -1.63. The number of nitrogens with zero attached hydrogens (tertiary/aromatic N) is 2. The molecule has 0 aliphatic carbocycles. The van der Waals surface area contributed by atoms with E-state index >= 15 is 0 Å². The third kappa shape index (κ3) is 2.41. The second-order valence-electron chi connectivity index (χ2n) is 4.74. The molecule has 0 aliphatic heterocycles. The second-order valence-corrected chi connectivity index (χ2v) is 4.74. The third-order valence-corrected chi connectivity index (χ3v) is 3.13. The van der Waals surface area contributed by atoms with Crippen molar-refractivity contribution in [1.82, 2.24) is 9.38 Å². The fraction of sp³-hybridized carbons (Fsp3) is 0.0667. The van der Waals surface area contributed by atoms with Crippen LogP contribution in [0.3, 0.4) is 0 Å². The van der Waals surface area contributed by atoms with Crippen LogP contribution in [0.5, 0.6) is 0 Å². The van der Waals surface area contributed by atoms with Crippen LogP contribution in [0.25, 0.3) is 5.65 Å². The van der Waals surface area contributed by atoms with E-state index in [1.54, 1.807) is 16.8 Å². The van der Waals surface area contributed by atoms with Crippen LogP contribution in [0.15, 0.2) is 36.7 Å². The number of hydrogen-bond donors (Lipinski definition) is 1. The molecule has 0 spiro atoms. The van der Waals surface area contributed by atoms with Crippen molar-refractivity contribution in [2.45, 2.75) is 6.92 Å². The Balaban J connectivity index is 1.91. The van der Waals surface area contributed by atoms with Crippen LogP contribution >= 0.6 is 0 Å². The molecule has 0 aliphatic rings. The van der Waals surface area contributed by atoms with Gasteiger partial charge in [0.15, 0.2) is 17.5 Å². The Morgan fingerprint density at radius 1 is 1.18 bits per heavy atom. The molecule has 2 aromatic heterocycles. The van der Waals surface area contributed by atoms with Gasteiger partial charge in [0.25, 0.3) is 5.91 Å². The number of rotatable bonds is 2. The molecule has 112 valence electrons. The Bertz CT molecular complexity index is 889. The van der Waals surface area contributed by atoms with E-state index in [1.165, 1.54) is 12.1 Å². The molecule has 3 rings (SSSR count). The number of aromatic nitrogens is 2. The number of pyridine rings is 1. The van der Waals surface area contributed by atoms with Gasteiger partial charge in [-0.25, -0.2) is 18.2 Å². The number of halogens is 3. The van der Waals surface area contributed by atoms with E-state index in [9.17, 15) is 18.0 Å². The lowest BCUT2D eigenvalue weighted by Crippen LogP contribution is -2.14. The monoisotopic (exact) mass is 305 g/mol. The molecule has 1 aromatic carbocycles. The molecule has 0 unspecified atom stereocenters. The summed E-state index contributed by atoms with van der Waals surface area (Å²) in [5.41, 5.74) is 1.13. The average molecular weight is 305 g/mol. The van der Waals surface area contributed by atoms with Gasteiger partial charge in [-0.2, -0.15) is 0 Å². The minimum absolute atomic E-state index is 0.224. The highest BCUT2D eigenvalue weighted by atomic mass is 19.2. The maximum Gasteiger partial charge on any atom is 0.255 e. The Hall–Kier alpha value is -2.83. The zero-order chi connectivity index (χ0) is 15.9. The number of benzene rings is 1. The van der Waals surface area contributed by atoms with Crippen molar-refractivity contribution in [3.63, 3.8) is 0 Å². The summed E-state index contributed by atoms with van der Waals surface area (Å²) in [6.45, 7) is 1.81. The molecule has 0 radical (unpaired) electrons. The Morgan fingerprint density at radius 2 is 1.95 bits per heavy atom. The van der Waals surface area contributed by atoms with E-state index in [0.29, 0.717) is 5.65 Å². The molecule has 1 amide bonds. The summed E-state index contributed by atoms with van der Waals surface area (Å²) in [5, 5.41) is 2.21. The lowest BCUT2D eigenvalue weighted by molar-refractivity contribution is 0.102. The van der Waals surface area contributed by atoms with E-state index in [-0.39, 0.29) is 5.56 Å². The molecule has 2 heterocycles. The SMILES string of the molecule is Cc1cn2ccc(C(=O)Nc3ccc(F)c(F)c3F)cc2n1. The number of amides is 1. The fourth-order valence-electron chi connectivity index (χ4n) is 2.07. The van der Waals surface area contributed by atoms with E-state index in [0.717, 1.165) is 17.8 Å².